The fraction of sp³-hybridized carbons (Fsp3) is 0.500. The number of amides is 1. The van der Waals surface area contributed by atoms with Crippen molar-refractivity contribution in [3.63, 3.8) is 0 Å². The smallest absolute Gasteiger partial charge is 0.266 e. The van der Waals surface area contributed by atoms with Gasteiger partial charge in [0, 0.05) is 32.9 Å². The van der Waals surface area contributed by atoms with E-state index in [1.54, 1.807) is 55.6 Å². The first-order chi connectivity index (χ1) is 19.8. The van der Waals surface area contributed by atoms with Gasteiger partial charge < -0.3 is 19.2 Å². The highest BCUT2D eigenvalue weighted by Crippen LogP contribution is 2.21. The first kappa shape index (κ1) is 30.8. The molecular weight excluding hydrogens is 546 g/mol. The lowest BCUT2D eigenvalue weighted by Gasteiger charge is -2.39. The molecule has 0 saturated carbocycles. The largest absolute Gasteiger partial charge is 0.434 e. The second-order valence-electron chi connectivity index (χ2n) is 10.3. The number of ketones is 1. The van der Waals surface area contributed by atoms with Crippen molar-refractivity contribution in [2.24, 2.45) is 0 Å². The molecule has 0 spiro atoms. The van der Waals surface area contributed by atoms with Gasteiger partial charge in [-0.2, -0.15) is 0 Å². The molecule has 1 aliphatic rings. The number of carbonyl (C=O) groups excluding carboxylic acids is 2. The normalized spacial score (nSPS) is 16.1. The van der Waals surface area contributed by atoms with Crippen LogP contribution in [0.1, 0.15) is 48.9 Å². The molecule has 4 rings (SSSR count). The third kappa shape index (κ3) is 8.45. The average molecular weight is 586 g/mol. The second-order valence-corrected chi connectivity index (χ2v) is 12.4. The number of ether oxygens (including phenoxy) is 2. The number of hydrogen-bond donors (Lipinski definition) is 1. The van der Waals surface area contributed by atoms with Gasteiger partial charge in [0.25, 0.3) is 5.89 Å². The number of oxazole rings is 1. The fourth-order valence-electron chi connectivity index (χ4n) is 5.21. The topological polar surface area (TPSA) is 128 Å². The van der Waals surface area contributed by atoms with Crippen molar-refractivity contribution < 1.29 is 31.9 Å². The zero-order valence-electron chi connectivity index (χ0n) is 23.7. The number of sulfone groups is 1. The van der Waals surface area contributed by atoms with Crippen LogP contribution in [-0.2, 0) is 29.9 Å². The zero-order chi connectivity index (χ0) is 29.2. The third-order valence-electron chi connectivity index (χ3n) is 7.27. The maximum absolute atomic E-state index is 14.0. The maximum Gasteiger partial charge on any atom is 0.266 e. The number of aromatic nitrogens is 1. The summed E-state index contributed by atoms with van der Waals surface area (Å²) in [6, 6.07) is 14.0. The molecule has 0 unspecified atom stereocenters. The number of carbonyl (C=O) groups is 2. The molecule has 3 aromatic rings. The summed E-state index contributed by atoms with van der Waals surface area (Å²) in [7, 11) is -2.15. The molecular formula is C30H39N3O7S. The van der Waals surface area contributed by atoms with E-state index in [9.17, 15) is 18.0 Å². The van der Waals surface area contributed by atoms with E-state index in [0.717, 1.165) is 0 Å². The number of hydrogen-bond acceptors (Lipinski definition) is 9. The Kier molecular flexibility index (Phi) is 11.0. The van der Waals surface area contributed by atoms with Crippen LogP contribution in [0.2, 0.25) is 0 Å². The summed E-state index contributed by atoms with van der Waals surface area (Å²) < 4.78 is 43.5. The minimum Gasteiger partial charge on any atom is -0.434 e. The van der Waals surface area contributed by atoms with Crippen LogP contribution >= 0.6 is 0 Å². The molecule has 41 heavy (non-hydrogen) atoms. The third-order valence-corrected chi connectivity index (χ3v) is 8.87. The van der Waals surface area contributed by atoms with Gasteiger partial charge in [0.1, 0.15) is 11.6 Å². The van der Waals surface area contributed by atoms with E-state index in [1.807, 2.05) is 17.9 Å². The SMILES string of the molecule is CCC[C@@H](NC(=O)[C@H](CS(=O)(=O)Cc1ccccc1)N(CCOC)C1CCOCC1)C(=O)c1nc2ccccc2o1. The van der Waals surface area contributed by atoms with Gasteiger partial charge in [0.2, 0.25) is 11.7 Å². The number of para-hydroxylation sites is 2. The molecule has 1 fully saturated rings. The van der Waals surface area contributed by atoms with E-state index >= 15 is 0 Å². The predicted molar refractivity (Wildman–Crippen MR) is 155 cm³/mol. The maximum atomic E-state index is 14.0. The summed E-state index contributed by atoms with van der Waals surface area (Å²) >= 11 is 0. The number of Topliss-reactive ketones (excluding diaryl/α,β-unsaturated/α-hetero) is 1. The lowest BCUT2D eigenvalue weighted by Crippen LogP contribution is -2.58. The van der Waals surface area contributed by atoms with E-state index in [-0.39, 0.29) is 17.7 Å². The highest BCUT2D eigenvalue weighted by molar-refractivity contribution is 7.90. The summed E-state index contributed by atoms with van der Waals surface area (Å²) in [5.74, 6) is -1.64. The molecule has 2 aromatic carbocycles. The monoisotopic (exact) mass is 585 g/mol. The second kappa shape index (κ2) is 14.7. The van der Waals surface area contributed by atoms with Crippen molar-refractivity contribution >= 4 is 32.6 Å². The Labute approximate surface area is 241 Å². The Balaban J connectivity index is 1.62. The Hall–Kier alpha value is -3.12. The summed E-state index contributed by atoms with van der Waals surface area (Å²) in [6.07, 6.45) is 2.28. The molecule has 1 saturated heterocycles. The average Bonchev–Trinajstić information content (AvgIpc) is 3.41. The number of rotatable bonds is 15. The van der Waals surface area contributed by atoms with E-state index in [0.29, 0.717) is 68.7 Å². The van der Waals surface area contributed by atoms with Gasteiger partial charge >= 0.3 is 0 Å². The van der Waals surface area contributed by atoms with E-state index in [4.69, 9.17) is 13.9 Å². The molecule has 11 heteroatoms. The molecule has 10 nitrogen and oxygen atoms in total. The molecule has 222 valence electrons. The van der Waals surface area contributed by atoms with Crippen molar-refractivity contribution in [3.8, 4) is 0 Å². The molecule has 2 atom stereocenters. The van der Waals surface area contributed by atoms with E-state index < -0.39 is 39.4 Å². The van der Waals surface area contributed by atoms with Crippen LogP contribution in [0.15, 0.2) is 59.0 Å². The van der Waals surface area contributed by atoms with Crippen LogP contribution in [0.25, 0.3) is 11.1 Å². The summed E-state index contributed by atoms with van der Waals surface area (Å²) in [4.78, 5) is 33.7. The first-order valence-electron chi connectivity index (χ1n) is 14.1. The number of fused-ring (bicyclic) bond motifs is 1. The van der Waals surface area contributed by atoms with Gasteiger partial charge in [-0.25, -0.2) is 13.4 Å². The minimum atomic E-state index is -3.72. The van der Waals surface area contributed by atoms with Crippen LogP contribution in [0.5, 0.6) is 0 Å². The zero-order valence-corrected chi connectivity index (χ0v) is 24.5. The van der Waals surface area contributed by atoms with Gasteiger partial charge in [0.05, 0.1) is 24.2 Å². The van der Waals surface area contributed by atoms with Crippen molar-refractivity contribution in [1.29, 1.82) is 0 Å². The lowest BCUT2D eigenvalue weighted by molar-refractivity contribution is -0.128. The fourth-order valence-corrected chi connectivity index (χ4v) is 6.85. The Bertz CT molecular complexity index is 1350. The highest BCUT2D eigenvalue weighted by Gasteiger charge is 2.38. The lowest BCUT2D eigenvalue weighted by atomic mass is 10.0. The molecule has 1 amide bonds. The van der Waals surface area contributed by atoms with Crippen LogP contribution in [0.4, 0.5) is 0 Å². The van der Waals surface area contributed by atoms with Crippen LogP contribution in [0, 0.1) is 0 Å². The van der Waals surface area contributed by atoms with Crippen LogP contribution in [-0.4, -0.2) is 87.3 Å². The Morgan fingerprint density at radius 1 is 1.10 bits per heavy atom. The molecule has 0 radical (unpaired) electrons. The molecule has 1 aliphatic heterocycles. The minimum absolute atomic E-state index is 0.0704. The Morgan fingerprint density at radius 2 is 1.80 bits per heavy atom. The highest BCUT2D eigenvalue weighted by atomic mass is 32.2. The molecule has 2 heterocycles. The first-order valence-corrected chi connectivity index (χ1v) is 15.9. The number of benzene rings is 2. The molecule has 1 aromatic heterocycles. The van der Waals surface area contributed by atoms with E-state index in [2.05, 4.69) is 10.3 Å². The van der Waals surface area contributed by atoms with Crippen molar-refractivity contribution in [3.05, 3.63) is 66.1 Å². The molecule has 0 bridgehead atoms. The van der Waals surface area contributed by atoms with Crippen LogP contribution < -0.4 is 5.32 Å². The van der Waals surface area contributed by atoms with Crippen molar-refractivity contribution in [2.75, 3.05) is 39.2 Å². The van der Waals surface area contributed by atoms with Gasteiger partial charge in [-0.15, -0.1) is 0 Å². The predicted octanol–water partition coefficient (Wildman–Crippen LogP) is 3.41. The summed E-state index contributed by atoms with van der Waals surface area (Å²) in [5.41, 5.74) is 1.68. The van der Waals surface area contributed by atoms with Gasteiger partial charge in [0.15, 0.2) is 15.4 Å². The van der Waals surface area contributed by atoms with Crippen LogP contribution in [0.3, 0.4) is 0 Å². The van der Waals surface area contributed by atoms with E-state index in [1.165, 1.54) is 0 Å². The van der Waals surface area contributed by atoms with Gasteiger partial charge in [-0.3, -0.25) is 14.5 Å². The molecule has 0 aliphatic carbocycles. The number of methoxy groups -OCH3 is 1. The van der Waals surface area contributed by atoms with Crippen molar-refractivity contribution in [1.82, 2.24) is 15.2 Å². The summed E-state index contributed by atoms with van der Waals surface area (Å²) in [5, 5.41) is 2.88. The Morgan fingerprint density at radius 3 is 2.49 bits per heavy atom. The van der Waals surface area contributed by atoms with Crippen molar-refractivity contribution in [2.45, 2.75) is 56.5 Å². The van der Waals surface area contributed by atoms with Gasteiger partial charge in [-0.1, -0.05) is 55.8 Å². The number of nitrogens with zero attached hydrogens (tertiary/aromatic N) is 2. The quantitative estimate of drug-likeness (QED) is 0.267. The molecule has 1 N–H and O–H groups in total. The standard InChI is InChI=1S/C30H39N3O7S/c1-3-9-25(28(34)30-32-24-12-7-8-13-27(24)40-30)31-29(35)26(21-41(36,37)20-22-10-5-4-6-11-22)33(16-19-38-2)23-14-17-39-18-15-23/h4-8,10-13,23,25-26H,3,9,14-21H2,1-2H3,(H,31,35)/t25-,26+/m1/s1. The van der Waals surface area contributed by atoms with Gasteiger partial charge in [-0.05, 0) is 37.0 Å². The summed E-state index contributed by atoms with van der Waals surface area (Å²) in [6.45, 7) is 3.63. The number of nitrogens with one attached hydrogen (secondary N) is 1.